The molecule has 0 saturated carbocycles. The molecule has 6 heteroatoms. The summed E-state index contributed by atoms with van der Waals surface area (Å²) in [5.41, 5.74) is 1.76. The van der Waals surface area contributed by atoms with Crippen LogP contribution in [0.4, 0.5) is 4.79 Å². The third-order valence-electron chi connectivity index (χ3n) is 3.73. The Labute approximate surface area is 146 Å². The monoisotopic (exact) mass is 348 g/mol. The highest BCUT2D eigenvalue weighted by Crippen LogP contribution is 2.22. The molecule has 0 aliphatic carbocycles. The second-order valence-electron chi connectivity index (χ2n) is 5.85. The Kier molecular flexibility index (Phi) is 6.23. The van der Waals surface area contributed by atoms with Gasteiger partial charge < -0.3 is 20.5 Å². The molecule has 5 nitrogen and oxygen atoms in total. The molecule has 0 saturated heterocycles. The van der Waals surface area contributed by atoms with Crippen LogP contribution < -0.4 is 15.4 Å². The van der Waals surface area contributed by atoms with Crippen LogP contribution in [0.15, 0.2) is 35.0 Å². The fraction of sp³-hybridized carbons (Fsp3) is 0.389. The number of aliphatic hydroxyl groups is 1. The summed E-state index contributed by atoms with van der Waals surface area (Å²) in [6.45, 7) is 6.81. The molecule has 0 bridgehead atoms. The molecule has 0 spiro atoms. The Bertz CT molecular complexity index is 669. The van der Waals surface area contributed by atoms with Gasteiger partial charge in [-0.2, -0.15) is 11.3 Å². The van der Waals surface area contributed by atoms with E-state index >= 15 is 0 Å². The van der Waals surface area contributed by atoms with Gasteiger partial charge in [-0.3, -0.25) is 0 Å². The van der Waals surface area contributed by atoms with E-state index in [9.17, 15) is 9.90 Å². The maximum absolute atomic E-state index is 11.9. The lowest BCUT2D eigenvalue weighted by atomic mass is 9.99. The largest absolute Gasteiger partial charge is 0.494 e. The highest BCUT2D eigenvalue weighted by Gasteiger charge is 2.24. The van der Waals surface area contributed by atoms with Crippen molar-refractivity contribution in [1.82, 2.24) is 10.6 Å². The third-order valence-corrected chi connectivity index (χ3v) is 4.41. The molecule has 3 N–H and O–H groups in total. The minimum atomic E-state index is -1.08. The van der Waals surface area contributed by atoms with Crippen molar-refractivity contribution < 1.29 is 14.6 Å². The van der Waals surface area contributed by atoms with Crippen LogP contribution >= 0.6 is 11.3 Å². The van der Waals surface area contributed by atoms with Crippen LogP contribution in [-0.2, 0) is 12.1 Å². The molecule has 0 aliphatic rings. The van der Waals surface area contributed by atoms with Crippen LogP contribution in [0.25, 0.3) is 0 Å². The van der Waals surface area contributed by atoms with Crippen LogP contribution in [0.5, 0.6) is 5.75 Å². The van der Waals surface area contributed by atoms with E-state index in [-0.39, 0.29) is 12.6 Å². The van der Waals surface area contributed by atoms with E-state index in [2.05, 4.69) is 10.6 Å². The van der Waals surface area contributed by atoms with Gasteiger partial charge in [-0.05, 0) is 60.4 Å². The first-order valence-electron chi connectivity index (χ1n) is 7.91. The summed E-state index contributed by atoms with van der Waals surface area (Å²) in [5.74, 6) is 0.859. The second kappa shape index (κ2) is 8.17. The van der Waals surface area contributed by atoms with Gasteiger partial charge in [0.25, 0.3) is 0 Å². The zero-order valence-corrected chi connectivity index (χ0v) is 15.1. The van der Waals surface area contributed by atoms with E-state index in [1.165, 1.54) is 11.3 Å². The number of thiophene rings is 1. The fourth-order valence-electron chi connectivity index (χ4n) is 2.31. The number of amides is 2. The van der Waals surface area contributed by atoms with Crippen LogP contribution in [0.2, 0.25) is 0 Å². The Morgan fingerprint density at radius 3 is 2.75 bits per heavy atom. The summed E-state index contributed by atoms with van der Waals surface area (Å²) >= 11 is 1.52. The minimum Gasteiger partial charge on any atom is -0.494 e. The molecule has 2 rings (SSSR count). The Morgan fingerprint density at radius 1 is 1.33 bits per heavy atom. The zero-order chi connectivity index (χ0) is 17.6. The molecule has 1 aromatic heterocycles. The van der Waals surface area contributed by atoms with Gasteiger partial charge in [0.1, 0.15) is 11.4 Å². The van der Waals surface area contributed by atoms with Crippen molar-refractivity contribution in [3.8, 4) is 5.75 Å². The number of urea groups is 1. The first kappa shape index (κ1) is 18.3. The maximum Gasteiger partial charge on any atom is 0.315 e. The van der Waals surface area contributed by atoms with Gasteiger partial charge in [0.2, 0.25) is 0 Å². The molecule has 0 fully saturated rings. The summed E-state index contributed by atoms with van der Waals surface area (Å²) < 4.78 is 5.50. The van der Waals surface area contributed by atoms with E-state index in [1.54, 1.807) is 6.92 Å². The number of carbonyl (C=O) groups excluding carboxylic acids is 1. The molecular formula is C18H24N2O3S. The predicted molar refractivity (Wildman–Crippen MR) is 96.5 cm³/mol. The van der Waals surface area contributed by atoms with Crippen LogP contribution in [0.3, 0.4) is 0 Å². The van der Waals surface area contributed by atoms with Crippen molar-refractivity contribution in [3.05, 3.63) is 51.7 Å². The molecule has 1 heterocycles. The van der Waals surface area contributed by atoms with Crippen LogP contribution in [0, 0.1) is 6.92 Å². The number of carbonyl (C=O) groups is 1. The standard InChI is InChI=1S/C18H24N2O3S/c1-4-23-16-6-5-14(9-13(16)2)10-19-17(21)20-12-18(3,22)15-7-8-24-11-15/h5-9,11,22H,4,10,12H2,1-3H3,(H2,19,20,21). The molecular weight excluding hydrogens is 324 g/mol. The molecule has 24 heavy (non-hydrogen) atoms. The quantitative estimate of drug-likeness (QED) is 0.720. The van der Waals surface area contributed by atoms with E-state index < -0.39 is 5.60 Å². The molecule has 2 amide bonds. The van der Waals surface area contributed by atoms with Gasteiger partial charge >= 0.3 is 6.03 Å². The first-order chi connectivity index (χ1) is 11.4. The van der Waals surface area contributed by atoms with E-state index in [0.29, 0.717) is 13.2 Å². The third kappa shape index (κ3) is 4.97. The highest BCUT2D eigenvalue weighted by molar-refractivity contribution is 7.08. The average Bonchev–Trinajstić information content (AvgIpc) is 3.09. The summed E-state index contributed by atoms with van der Waals surface area (Å²) in [4.78, 5) is 11.9. The van der Waals surface area contributed by atoms with E-state index in [4.69, 9.17) is 4.74 Å². The topological polar surface area (TPSA) is 70.6 Å². The van der Waals surface area contributed by atoms with Gasteiger partial charge in [0.05, 0.1) is 13.2 Å². The number of hydrogen-bond donors (Lipinski definition) is 3. The Balaban J connectivity index is 1.82. The maximum atomic E-state index is 11.9. The molecule has 1 atom stereocenters. The van der Waals surface area contributed by atoms with Crippen molar-refractivity contribution in [2.75, 3.05) is 13.2 Å². The summed E-state index contributed by atoms with van der Waals surface area (Å²) in [7, 11) is 0. The van der Waals surface area contributed by atoms with Crippen molar-refractivity contribution >= 4 is 17.4 Å². The molecule has 0 radical (unpaired) electrons. The number of nitrogens with one attached hydrogen (secondary N) is 2. The van der Waals surface area contributed by atoms with Gasteiger partial charge in [-0.25, -0.2) is 4.79 Å². The highest BCUT2D eigenvalue weighted by atomic mass is 32.1. The lowest BCUT2D eigenvalue weighted by molar-refractivity contribution is 0.0598. The summed E-state index contributed by atoms with van der Waals surface area (Å²) in [6, 6.07) is 7.38. The molecule has 2 aromatic rings. The van der Waals surface area contributed by atoms with Crippen LogP contribution in [-0.4, -0.2) is 24.3 Å². The lowest BCUT2D eigenvalue weighted by Crippen LogP contribution is -2.43. The Hall–Kier alpha value is -2.05. The van der Waals surface area contributed by atoms with Crippen molar-refractivity contribution in [1.29, 1.82) is 0 Å². The van der Waals surface area contributed by atoms with Crippen LogP contribution in [0.1, 0.15) is 30.5 Å². The van der Waals surface area contributed by atoms with Gasteiger partial charge in [-0.1, -0.05) is 12.1 Å². The number of rotatable bonds is 7. The zero-order valence-electron chi connectivity index (χ0n) is 14.3. The lowest BCUT2D eigenvalue weighted by Gasteiger charge is -2.23. The average molecular weight is 348 g/mol. The van der Waals surface area contributed by atoms with Crippen molar-refractivity contribution in [3.63, 3.8) is 0 Å². The first-order valence-corrected chi connectivity index (χ1v) is 8.85. The van der Waals surface area contributed by atoms with Crippen molar-refractivity contribution in [2.24, 2.45) is 0 Å². The smallest absolute Gasteiger partial charge is 0.315 e. The molecule has 0 aliphatic heterocycles. The number of ether oxygens (including phenoxy) is 1. The predicted octanol–water partition coefficient (Wildman–Crippen LogP) is 3.16. The molecule has 130 valence electrons. The number of hydrogen-bond acceptors (Lipinski definition) is 4. The number of benzene rings is 1. The van der Waals surface area contributed by atoms with Gasteiger partial charge in [0, 0.05) is 6.54 Å². The minimum absolute atomic E-state index is 0.151. The van der Waals surface area contributed by atoms with Crippen molar-refractivity contribution in [2.45, 2.75) is 32.9 Å². The SMILES string of the molecule is CCOc1ccc(CNC(=O)NCC(C)(O)c2ccsc2)cc1C. The fourth-order valence-corrected chi connectivity index (χ4v) is 3.09. The van der Waals surface area contributed by atoms with E-state index in [1.807, 2.05) is 48.9 Å². The van der Waals surface area contributed by atoms with Gasteiger partial charge in [0.15, 0.2) is 0 Å². The Morgan fingerprint density at radius 2 is 2.12 bits per heavy atom. The number of aryl methyl sites for hydroxylation is 1. The molecule has 1 aromatic carbocycles. The molecule has 1 unspecified atom stereocenters. The summed E-state index contributed by atoms with van der Waals surface area (Å²) in [5, 5.41) is 19.7. The van der Waals surface area contributed by atoms with Gasteiger partial charge in [-0.15, -0.1) is 0 Å². The van der Waals surface area contributed by atoms with E-state index in [0.717, 1.165) is 22.4 Å². The second-order valence-corrected chi connectivity index (χ2v) is 6.64. The summed E-state index contributed by atoms with van der Waals surface area (Å²) in [6.07, 6.45) is 0. The normalized spacial score (nSPS) is 13.2.